The topological polar surface area (TPSA) is 119 Å². The van der Waals surface area contributed by atoms with E-state index in [0.29, 0.717) is 34.2 Å². The molecule has 2 aromatic carbocycles. The van der Waals surface area contributed by atoms with E-state index in [9.17, 15) is 8.42 Å². The fraction of sp³-hybridized carbons (Fsp3) is 0.174. The van der Waals surface area contributed by atoms with Crippen molar-refractivity contribution in [2.75, 3.05) is 17.1 Å². The molecule has 10 heteroatoms. The Balaban J connectivity index is 1.54. The van der Waals surface area contributed by atoms with Crippen molar-refractivity contribution in [3.05, 3.63) is 71.7 Å². The number of benzene rings is 2. The van der Waals surface area contributed by atoms with Crippen molar-refractivity contribution in [3.8, 4) is 17.0 Å². The minimum Gasteiger partial charge on any atom is -0.496 e. The number of hydrogen-bond acceptors (Lipinski definition) is 8. The van der Waals surface area contributed by atoms with E-state index in [1.165, 1.54) is 18.5 Å². The number of anilines is 3. The fourth-order valence-corrected chi connectivity index (χ4v) is 4.20. The van der Waals surface area contributed by atoms with E-state index in [1.54, 1.807) is 39.2 Å². The van der Waals surface area contributed by atoms with Gasteiger partial charge in [-0.1, -0.05) is 16.8 Å². The van der Waals surface area contributed by atoms with Crippen molar-refractivity contribution in [2.24, 2.45) is 0 Å². The largest absolute Gasteiger partial charge is 0.496 e. The molecule has 0 radical (unpaired) electrons. The van der Waals surface area contributed by atoms with Gasteiger partial charge in [0.1, 0.15) is 17.9 Å². The van der Waals surface area contributed by atoms with Crippen LogP contribution in [0.25, 0.3) is 11.3 Å². The molecule has 0 spiro atoms. The highest BCUT2D eigenvalue weighted by molar-refractivity contribution is 7.92. The van der Waals surface area contributed by atoms with Crippen molar-refractivity contribution < 1.29 is 17.7 Å². The molecular formula is C23H23N5O4S. The molecule has 2 heterocycles. The monoisotopic (exact) mass is 465 g/mol. The Labute approximate surface area is 191 Å². The Bertz CT molecular complexity index is 1400. The maximum absolute atomic E-state index is 12.7. The molecule has 0 bridgehead atoms. The average molecular weight is 466 g/mol. The number of nitrogens with zero attached hydrogens (tertiary/aromatic N) is 3. The number of aromatic nitrogens is 3. The standard InChI is InChI=1S/C23H23N5O4S/c1-14-5-10-21(31-4)19(11-14)20-12-22(25-13-24-20)26-17-6-8-18(9-7-17)33(29,30)28-23-15(2)16(3)27-32-23/h5-13,28H,1-4H3,(H,24,25,26). The number of nitrogens with one attached hydrogen (secondary N) is 2. The Morgan fingerprint density at radius 2 is 1.73 bits per heavy atom. The Morgan fingerprint density at radius 3 is 2.39 bits per heavy atom. The van der Waals surface area contributed by atoms with Gasteiger partial charge in [-0.3, -0.25) is 0 Å². The summed E-state index contributed by atoms with van der Waals surface area (Å²) >= 11 is 0. The maximum Gasteiger partial charge on any atom is 0.264 e. The number of sulfonamides is 1. The van der Waals surface area contributed by atoms with Crippen LogP contribution in [0.3, 0.4) is 0 Å². The van der Waals surface area contributed by atoms with Gasteiger partial charge in [-0.15, -0.1) is 0 Å². The SMILES string of the molecule is COc1ccc(C)cc1-c1cc(Nc2ccc(S(=O)(=O)Nc3onc(C)c3C)cc2)ncn1. The van der Waals surface area contributed by atoms with Gasteiger partial charge in [0, 0.05) is 22.9 Å². The first-order valence-corrected chi connectivity index (χ1v) is 11.5. The van der Waals surface area contributed by atoms with E-state index in [-0.39, 0.29) is 10.8 Å². The Morgan fingerprint density at radius 1 is 0.970 bits per heavy atom. The van der Waals surface area contributed by atoms with Crippen molar-refractivity contribution >= 4 is 27.4 Å². The first-order valence-electron chi connectivity index (χ1n) is 10.1. The summed E-state index contributed by atoms with van der Waals surface area (Å²) in [7, 11) is -2.20. The lowest BCUT2D eigenvalue weighted by Gasteiger charge is -2.11. The molecule has 0 unspecified atom stereocenters. The van der Waals surface area contributed by atoms with E-state index >= 15 is 0 Å². The van der Waals surface area contributed by atoms with E-state index in [4.69, 9.17) is 9.26 Å². The van der Waals surface area contributed by atoms with Gasteiger partial charge in [-0.05, 0) is 57.2 Å². The summed E-state index contributed by atoms with van der Waals surface area (Å²) < 4.78 is 38.3. The van der Waals surface area contributed by atoms with Gasteiger partial charge in [0.05, 0.1) is 23.4 Å². The second-order valence-corrected chi connectivity index (χ2v) is 9.15. The number of methoxy groups -OCH3 is 1. The molecule has 4 aromatic rings. The van der Waals surface area contributed by atoms with Crippen molar-refractivity contribution in [1.82, 2.24) is 15.1 Å². The number of rotatable bonds is 7. The molecule has 2 aromatic heterocycles. The van der Waals surface area contributed by atoms with Gasteiger partial charge in [0.2, 0.25) is 5.88 Å². The predicted molar refractivity (Wildman–Crippen MR) is 125 cm³/mol. The molecule has 0 saturated carbocycles. The van der Waals surface area contributed by atoms with Crippen molar-refractivity contribution in [3.63, 3.8) is 0 Å². The number of aryl methyl sites for hydroxylation is 2. The van der Waals surface area contributed by atoms with Crippen LogP contribution in [-0.2, 0) is 10.0 Å². The minimum absolute atomic E-state index is 0.0920. The van der Waals surface area contributed by atoms with Gasteiger partial charge in [0.15, 0.2) is 0 Å². The lowest BCUT2D eigenvalue weighted by Crippen LogP contribution is -2.13. The molecule has 0 aliphatic carbocycles. The van der Waals surface area contributed by atoms with Crippen LogP contribution < -0.4 is 14.8 Å². The minimum atomic E-state index is -3.82. The third kappa shape index (κ3) is 4.80. The van der Waals surface area contributed by atoms with Crippen molar-refractivity contribution in [1.29, 1.82) is 0 Å². The second-order valence-electron chi connectivity index (χ2n) is 7.47. The maximum atomic E-state index is 12.7. The van der Waals surface area contributed by atoms with E-state index < -0.39 is 10.0 Å². The normalized spacial score (nSPS) is 11.3. The molecular weight excluding hydrogens is 442 g/mol. The summed E-state index contributed by atoms with van der Waals surface area (Å²) in [5, 5.41) is 6.94. The molecule has 0 atom stereocenters. The zero-order chi connectivity index (χ0) is 23.6. The summed E-state index contributed by atoms with van der Waals surface area (Å²) in [5.74, 6) is 1.38. The van der Waals surface area contributed by atoms with Crippen LogP contribution in [0.1, 0.15) is 16.8 Å². The molecule has 0 aliphatic rings. The first-order chi connectivity index (χ1) is 15.8. The second kappa shape index (κ2) is 8.91. The lowest BCUT2D eigenvalue weighted by atomic mass is 10.1. The fourth-order valence-electron chi connectivity index (χ4n) is 3.15. The van der Waals surface area contributed by atoms with Gasteiger partial charge in [-0.2, -0.15) is 0 Å². The molecule has 0 saturated heterocycles. The third-order valence-electron chi connectivity index (χ3n) is 5.12. The molecule has 33 heavy (non-hydrogen) atoms. The van der Waals surface area contributed by atoms with Crippen LogP contribution in [0.5, 0.6) is 5.75 Å². The molecule has 0 fully saturated rings. The number of hydrogen-bond donors (Lipinski definition) is 2. The lowest BCUT2D eigenvalue weighted by molar-refractivity contribution is 0.416. The Kier molecular flexibility index (Phi) is 6.01. The summed E-state index contributed by atoms with van der Waals surface area (Å²) in [5.41, 5.74) is 4.57. The smallest absolute Gasteiger partial charge is 0.264 e. The van der Waals surface area contributed by atoms with Gasteiger partial charge in [-0.25, -0.2) is 23.1 Å². The van der Waals surface area contributed by atoms with E-state index in [0.717, 1.165) is 11.1 Å². The highest BCUT2D eigenvalue weighted by Gasteiger charge is 2.19. The molecule has 4 rings (SSSR count). The van der Waals surface area contributed by atoms with Crippen LogP contribution >= 0.6 is 0 Å². The highest BCUT2D eigenvalue weighted by atomic mass is 32.2. The van der Waals surface area contributed by atoms with Crippen LogP contribution in [0.2, 0.25) is 0 Å². The molecule has 0 aliphatic heterocycles. The summed E-state index contributed by atoms with van der Waals surface area (Å²) in [4.78, 5) is 8.72. The Hall–Kier alpha value is -3.92. The van der Waals surface area contributed by atoms with Crippen LogP contribution in [-0.4, -0.2) is 30.7 Å². The van der Waals surface area contributed by atoms with Crippen molar-refractivity contribution in [2.45, 2.75) is 25.7 Å². The molecule has 170 valence electrons. The molecule has 0 amide bonds. The first kappa shape index (κ1) is 22.3. The van der Waals surface area contributed by atoms with Crippen LogP contribution in [0, 0.1) is 20.8 Å². The molecule has 2 N–H and O–H groups in total. The van der Waals surface area contributed by atoms with Gasteiger partial charge in [0.25, 0.3) is 10.0 Å². The summed E-state index contributed by atoms with van der Waals surface area (Å²) in [6.07, 6.45) is 1.46. The molecule has 9 nitrogen and oxygen atoms in total. The van der Waals surface area contributed by atoms with E-state index in [2.05, 4.69) is 25.2 Å². The van der Waals surface area contributed by atoms with Gasteiger partial charge < -0.3 is 14.6 Å². The zero-order valence-electron chi connectivity index (χ0n) is 18.6. The summed E-state index contributed by atoms with van der Waals surface area (Å²) in [6, 6.07) is 14.0. The van der Waals surface area contributed by atoms with Crippen LogP contribution in [0.15, 0.2) is 64.3 Å². The highest BCUT2D eigenvalue weighted by Crippen LogP contribution is 2.31. The van der Waals surface area contributed by atoms with Gasteiger partial charge >= 0.3 is 0 Å². The average Bonchev–Trinajstić information content (AvgIpc) is 3.11. The zero-order valence-corrected chi connectivity index (χ0v) is 19.4. The third-order valence-corrected chi connectivity index (χ3v) is 6.47. The quantitative estimate of drug-likeness (QED) is 0.406. The van der Waals surface area contributed by atoms with E-state index in [1.807, 2.05) is 25.1 Å². The predicted octanol–water partition coefficient (Wildman–Crippen LogP) is 4.61. The number of ether oxygens (including phenoxy) is 1. The van der Waals surface area contributed by atoms with Crippen LogP contribution in [0.4, 0.5) is 17.4 Å². The summed E-state index contributed by atoms with van der Waals surface area (Å²) in [6.45, 7) is 5.47.